The second-order valence-corrected chi connectivity index (χ2v) is 6.85. The van der Waals surface area contributed by atoms with Crippen LogP contribution in [0.4, 0.5) is 0 Å². The number of fused-ring (bicyclic) bond motifs is 5. The van der Waals surface area contributed by atoms with Gasteiger partial charge in [-0.1, -0.05) is 30.3 Å². The number of hydrogen-bond acceptors (Lipinski definition) is 3. The highest BCUT2D eigenvalue weighted by atomic mass is 16.5. The number of aromatic hydroxyl groups is 2. The van der Waals surface area contributed by atoms with Gasteiger partial charge in [-0.3, -0.25) is 4.57 Å². The molecule has 0 spiro atoms. The zero-order chi connectivity index (χ0) is 15.5. The molecule has 1 fully saturated rings. The van der Waals surface area contributed by atoms with Crippen molar-refractivity contribution in [2.45, 2.75) is 50.9 Å². The van der Waals surface area contributed by atoms with Crippen LogP contribution in [0, 0.1) is 0 Å². The second-order valence-electron chi connectivity index (χ2n) is 6.85. The van der Waals surface area contributed by atoms with Crippen LogP contribution in [-0.2, 0) is 28.9 Å². The van der Waals surface area contributed by atoms with Crippen molar-refractivity contribution in [2.75, 3.05) is 0 Å². The summed E-state index contributed by atoms with van der Waals surface area (Å²) in [6, 6.07) is 10.1. The minimum absolute atomic E-state index is 0.161. The molecule has 0 saturated carbocycles. The standard InChI is InChI=1S/C18H21NO3/c1-17-9-10-18(2,22-17)14-13(17)15(20)19(16(14)21)11-8-12-6-4-3-5-7-12/h3-7,20-21H,8-11H2,1-2H3. The van der Waals surface area contributed by atoms with Crippen LogP contribution in [0.15, 0.2) is 30.3 Å². The van der Waals surface area contributed by atoms with E-state index >= 15 is 0 Å². The molecule has 2 bridgehead atoms. The van der Waals surface area contributed by atoms with E-state index in [0.29, 0.717) is 6.54 Å². The number of ether oxygens (including phenoxy) is 1. The van der Waals surface area contributed by atoms with E-state index in [0.717, 1.165) is 30.4 Å². The molecule has 4 nitrogen and oxygen atoms in total. The van der Waals surface area contributed by atoms with Gasteiger partial charge in [0.2, 0.25) is 11.8 Å². The zero-order valence-electron chi connectivity index (χ0n) is 13.0. The summed E-state index contributed by atoms with van der Waals surface area (Å²) < 4.78 is 7.73. The first-order valence-corrected chi connectivity index (χ1v) is 7.84. The van der Waals surface area contributed by atoms with Crippen LogP contribution in [0.3, 0.4) is 0 Å². The molecule has 1 saturated heterocycles. The third-order valence-corrected chi connectivity index (χ3v) is 5.26. The van der Waals surface area contributed by atoms with Gasteiger partial charge in [0.1, 0.15) is 0 Å². The van der Waals surface area contributed by atoms with Gasteiger partial charge in [0.15, 0.2) is 0 Å². The van der Waals surface area contributed by atoms with Gasteiger partial charge in [-0.25, -0.2) is 0 Å². The average Bonchev–Trinajstić information content (AvgIpc) is 3.04. The van der Waals surface area contributed by atoms with E-state index in [1.807, 2.05) is 32.0 Å². The molecule has 4 heteroatoms. The summed E-state index contributed by atoms with van der Waals surface area (Å²) in [5.74, 6) is 0.323. The third kappa shape index (κ3) is 1.67. The molecule has 1 aromatic carbocycles. The van der Waals surface area contributed by atoms with Crippen molar-refractivity contribution < 1.29 is 14.9 Å². The van der Waals surface area contributed by atoms with Crippen molar-refractivity contribution in [3.8, 4) is 11.8 Å². The summed E-state index contributed by atoms with van der Waals surface area (Å²) in [6.45, 7) is 4.57. The maximum absolute atomic E-state index is 10.6. The summed E-state index contributed by atoms with van der Waals surface area (Å²) in [5.41, 5.74) is 1.82. The van der Waals surface area contributed by atoms with E-state index in [9.17, 15) is 10.2 Å². The van der Waals surface area contributed by atoms with Gasteiger partial charge in [0.25, 0.3) is 0 Å². The molecule has 4 rings (SSSR count). The van der Waals surface area contributed by atoms with Crippen LogP contribution in [-0.4, -0.2) is 14.8 Å². The summed E-state index contributed by atoms with van der Waals surface area (Å²) in [7, 11) is 0. The number of rotatable bonds is 3. The van der Waals surface area contributed by atoms with Gasteiger partial charge in [-0.05, 0) is 38.7 Å². The number of hydrogen-bond donors (Lipinski definition) is 2. The maximum atomic E-state index is 10.6. The third-order valence-electron chi connectivity index (χ3n) is 5.26. The number of aromatic nitrogens is 1. The molecule has 0 aliphatic carbocycles. The topological polar surface area (TPSA) is 54.6 Å². The van der Waals surface area contributed by atoms with E-state index in [4.69, 9.17) is 4.74 Å². The number of nitrogens with zero attached hydrogens (tertiary/aromatic N) is 1. The molecule has 3 heterocycles. The van der Waals surface area contributed by atoms with Gasteiger partial charge in [-0.2, -0.15) is 0 Å². The first-order valence-electron chi connectivity index (χ1n) is 7.84. The van der Waals surface area contributed by atoms with Crippen molar-refractivity contribution in [2.24, 2.45) is 0 Å². The molecule has 2 unspecified atom stereocenters. The van der Waals surface area contributed by atoms with Gasteiger partial charge >= 0.3 is 0 Å². The predicted molar refractivity (Wildman–Crippen MR) is 82.9 cm³/mol. The maximum Gasteiger partial charge on any atom is 0.200 e. The van der Waals surface area contributed by atoms with Crippen LogP contribution in [0.5, 0.6) is 11.8 Å². The summed E-state index contributed by atoms with van der Waals surface area (Å²) in [6.07, 6.45) is 2.53. The van der Waals surface area contributed by atoms with Gasteiger partial charge in [0.05, 0.1) is 22.3 Å². The van der Waals surface area contributed by atoms with Crippen LogP contribution in [0.1, 0.15) is 43.4 Å². The molecule has 22 heavy (non-hydrogen) atoms. The van der Waals surface area contributed by atoms with Gasteiger partial charge in [0, 0.05) is 6.54 Å². The lowest BCUT2D eigenvalue weighted by Gasteiger charge is -2.21. The zero-order valence-corrected chi connectivity index (χ0v) is 13.0. The minimum atomic E-state index is -0.469. The normalized spacial score (nSPS) is 29.0. The van der Waals surface area contributed by atoms with Crippen molar-refractivity contribution in [1.82, 2.24) is 4.57 Å². The Hall–Kier alpha value is -1.94. The van der Waals surface area contributed by atoms with E-state index < -0.39 is 11.2 Å². The molecule has 0 radical (unpaired) electrons. The summed E-state index contributed by atoms with van der Waals surface area (Å²) in [4.78, 5) is 0. The van der Waals surface area contributed by atoms with E-state index in [2.05, 4.69) is 12.1 Å². The van der Waals surface area contributed by atoms with Gasteiger partial charge in [-0.15, -0.1) is 0 Å². The molecular formula is C18H21NO3. The number of benzene rings is 1. The Bertz CT molecular complexity index is 697. The lowest BCUT2D eigenvalue weighted by Crippen LogP contribution is -2.18. The first kappa shape index (κ1) is 13.7. The second kappa shape index (κ2) is 4.29. The highest BCUT2D eigenvalue weighted by molar-refractivity contribution is 5.56. The minimum Gasteiger partial charge on any atom is -0.494 e. The van der Waals surface area contributed by atoms with Crippen LogP contribution >= 0.6 is 0 Å². The van der Waals surface area contributed by atoms with Crippen molar-refractivity contribution >= 4 is 0 Å². The highest BCUT2D eigenvalue weighted by Gasteiger charge is 2.59. The molecule has 2 aliphatic rings. The van der Waals surface area contributed by atoms with Crippen molar-refractivity contribution in [3.05, 3.63) is 47.0 Å². The lowest BCUT2D eigenvalue weighted by molar-refractivity contribution is -0.0686. The van der Waals surface area contributed by atoms with Crippen LogP contribution in [0.25, 0.3) is 0 Å². The Morgan fingerprint density at radius 2 is 1.55 bits per heavy atom. The smallest absolute Gasteiger partial charge is 0.200 e. The van der Waals surface area contributed by atoms with Crippen molar-refractivity contribution in [1.29, 1.82) is 0 Å². The van der Waals surface area contributed by atoms with Crippen molar-refractivity contribution in [3.63, 3.8) is 0 Å². The molecule has 2 aliphatic heterocycles. The van der Waals surface area contributed by atoms with E-state index in [1.165, 1.54) is 5.56 Å². The quantitative estimate of drug-likeness (QED) is 0.913. The molecule has 2 aromatic rings. The Balaban J connectivity index is 1.72. The first-order chi connectivity index (χ1) is 10.4. The molecular weight excluding hydrogens is 278 g/mol. The van der Waals surface area contributed by atoms with E-state index in [-0.39, 0.29) is 11.8 Å². The Morgan fingerprint density at radius 1 is 1.00 bits per heavy atom. The Labute approximate surface area is 130 Å². The molecule has 0 amide bonds. The summed E-state index contributed by atoms with van der Waals surface area (Å²) in [5, 5.41) is 21.3. The average molecular weight is 299 g/mol. The molecule has 116 valence electrons. The van der Waals surface area contributed by atoms with Gasteiger partial charge < -0.3 is 14.9 Å². The fourth-order valence-electron chi connectivity index (χ4n) is 4.12. The summed E-state index contributed by atoms with van der Waals surface area (Å²) >= 11 is 0. The van der Waals surface area contributed by atoms with Crippen LogP contribution < -0.4 is 0 Å². The monoisotopic (exact) mass is 299 g/mol. The van der Waals surface area contributed by atoms with Crippen LogP contribution in [0.2, 0.25) is 0 Å². The lowest BCUT2D eigenvalue weighted by atomic mass is 9.80. The number of aryl methyl sites for hydroxylation is 1. The molecule has 2 N–H and O–H groups in total. The molecule has 1 aromatic heterocycles. The molecule has 2 atom stereocenters. The fourth-order valence-corrected chi connectivity index (χ4v) is 4.12. The largest absolute Gasteiger partial charge is 0.494 e. The Morgan fingerprint density at radius 3 is 2.09 bits per heavy atom. The van der Waals surface area contributed by atoms with E-state index in [1.54, 1.807) is 4.57 Å². The highest BCUT2D eigenvalue weighted by Crippen LogP contribution is 2.63. The SMILES string of the molecule is CC12CCC(C)(O1)c1c2c(O)n(CCc2ccccc2)c1O. The fraction of sp³-hybridized carbons (Fsp3) is 0.444. The predicted octanol–water partition coefficient (Wildman–Crippen LogP) is 3.40. The Kier molecular flexibility index (Phi) is 2.67.